The zero-order chi connectivity index (χ0) is 15.2. The molecule has 0 aliphatic carbocycles. The van der Waals surface area contributed by atoms with Crippen molar-refractivity contribution in [3.05, 3.63) is 28.8 Å². The number of rotatable bonds is 6. The standard InChI is InChI=1S/C17H28ClN3/c1-4-19-12-15-5-6-16(18)11-17(15)21(3)13-14-7-9-20(2)10-8-14/h5-6,11,14,19H,4,7-10,12-13H2,1-3H3. The van der Waals surface area contributed by atoms with Crippen molar-refractivity contribution in [3.63, 3.8) is 0 Å². The molecule has 3 nitrogen and oxygen atoms in total. The third-order valence-electron chi connectivity index (χ3n) is 4.39. The summed E-state index contributed by atoms with van der Waals surface area (Å²) in [6.07, 6.45) is 2.59. The SMILES string of the molecule is CCNCc1ccc(Cl)cc1N(C)CC1CCN(C)CC1. The van der Waals surface area contributed by atoms with Crippen LogP contribution in [0.2, 0.25) is 5.02 Å². The molecule has 1 saturated heterocycles. The molecule has 1 aliphatic rings. The van der Waals surface area contributed by atoms with E-state index in [1.165, 1.54) is 37.2 Å². The number of benzene rings is 1. The van der Waals surface area contributed by atoms with Crippen molar-refractivity contribution < 1.29 is 0 Å². The number of halogens is 1. The minimum Gasteiger partial charge on any atom is -0.374 e. The lowest BCUT2D eigenvalue weighted by molar-refractivity contribution is 0.222. The molecule has 2 rings (SSSR count). The fraction of sp³-hybridized carbons (Fsp3) is 0.647. The Morgan fingerprint density at radius 2 is 2.05 bits per heavy atom. The smallest absolute Gasteiger partial charge is 0.0426 e. The maximum Gasteiger partial charge on any atom is 0.0426 e. The highest BCUT2D eigenvalue weighted by Crippen LogP contribution is 2.26. The molecule has 1 fully saturated rings. The van der Waals surface area contributed by atoms with Crippen molar-refractivity contribution in [2.24, 2.45) is 5.92 Å². The van der Waals surface area contributed by atoms with E-state index >= 15 is 0 Å². The van der Waals surface area contributed by atoms with Crippen LogP contribution in [0.25, 0.3) is 0 Å². The highest BCUT2D eigenvalue weighted by molar-refractivity contribution is 6.30. The Morgan fingerprint density at radius 3 is 2.71 bits per heavy atom. The van der Waals surface area contributed by atoms with E-state index in [-0.39, 0.29) is 0 Å². The topological polar surface area (TPSA) is 18.5 Å². The van der Waals surface area contributed by atoms with Gasteiger partial charge in [-0.3, -0.25) is 0 Å². The normalized spacial score (nSPS) is 17.1. The first-order valence-electron chi connectivity index (χ1n) is 7.99. The lowest BCUT2D eigenvalue weighted by atomic mass is 9.96. The monoisotopic (exact) mass is 309 g/mol. The van der Waals surface area contributed by atoms with E-state index in [4.69, 9.17) is 11.6 Å². The highest BCUT2D eigenvalue weighted by Gasteiger charge is 2.19. The molecule has 21 heavy (non-hydrogen) atoms. The fourth-order valence-electron chi connectivity index (χ4n) is 3.03. The molecule has 0 unspecified atom stereocenters. The van der Waals surface area contributed by atoms with Crippen LogP contribution in [0.1, 0.15) is 25.3 Å². The fourth-order valence-corrected chi connectivity index (χ4v) is 3.20. The first-order valence-corrected chi connectivity index (χ1v) is 8.36. The highest BCUT2D eigenvalue weighted by atomic mass is 35.5. The van der Waals surface area contributed by atoms with E-state index in [9.17, 15) is 0 Å². The van der Waals surface area contributed by atoms with Crippen LogP contribution >= 0.6 is 11.6 Å². The molecule has 0 saturated carbocycles. The van der Waals surface area contributed by atoms with E-state index in [1.807, 2.05) is 6.07 Å². The zero-order valence-corrected chi connectivity index (χ0v) is 14.3. The largest absolute Gasteiger partial charge is 0.374 e. The maximum absolute atomic E-state index is 6.20. The Kier molecular flexibility index (Phi) is 6.34. The van der Waals surface area contributed by atoms with Gasteiger partial charge in [0.05, 0.1) is 0 Å². The zero-order valence-electron chi connectivity index (χ0n) is 13.5. The molecule has 118 valence electrons. The Labute approximate surface area is 134 Å². The van der Waals surface area contributed by atoms with Crippen molar-refractivity contribution in [2.45, 2.75) is 26.3 Å². The van der Waals surface area contributed by atoms with Crippen molar-refractivity contribution in [3.8, 4) is 0 Å². The second-order valence-corrected chi connectivity index (χ2v) is 6.62. The van der Waals surface area contributed by atoms with Crippen molar-refractivity contribution >= 4 is 17.3 Å². The van der Waals surface area contributed by atoms with Gasteiger partial charge < -0.3 is 15.1 Å². The predicted octanol–water partition coefficient (Wildman–Crippen LogP) is 3.23. The van der Waals surface area contributed by atoms with Gasteiger partial charge in [-0.25, -0.2) is 0 Å². The first-order chi connectivity index (χ1) is 10.1. The molecule has 0 amide bonds. The first kappa shape index (κ1) is 16.6. The number of hydrogen-bond donors (Lipinski definition) is 1. The van der Waals surface area contributed by atoms with E-state index < -0.39 is 0 Å². The summed E-state index contributed by atoms with van der Waals surface area (Å²) in [6.45, 7) is 7.59. The van der Waals surface area contributed by atoms with Crippen LogP contribution in [0.15, 0.2) is 18.2 Å². The minimum atomic E-state index is 0.789. The van der Waals surface area contributed by atoms with Gasteiger partial charge in [0.1, 0.15) is 0 Å². The minimum absolute atomic E-state index is 0.789. The molecule has 1 aromatic carbocycles. The molecule has 1 aliphatic heterocycles. The summed E-state index contributed by atoms with van der Waals surface area (Å²) in [5.41, 5.74) is 2.60. The second-order valence-electron chi connectivity index (χ2n) is 6.18. The molecular formula is C17H28ClN3. The number of piperidine rings is 1. The summed E-state index contributed by atoms with van der Waals surface area (Å²) in [4.78, 5) is 4.81. The van der Waals surface area contributed by atoms with Gasteiger partial charge in [-0.1, -0.05) is 24.6 Å². The van der Waals surface area contributed by atoms with Crippen LogP contribution in [-0.2, 0) is 6.54 Å². The van der Waals surface area contributed by atoms with Crippen molar-refractivity contribution in [1.82, 2.24) is 10.2 Å². The van der Waals surface area contributed by atoms with Crippen LogP contribution in [0.4, 0.5) is 5.69 Å². The van der Waals surface area contributed by atoms with E-state index in [0.717, 1.165) is 30.6 Å². The third kappa shape index (κ3) is 4.87. The second kappa shape index (κ2) is 8.02. The summed E-state index contributed by atoms with van der Waals surface area (Å²) < 4.78 is 0. The van der Waals surface area contributed by atoms with Gasteiger partial charge in [0.2, 0.25) is 0 Å². The van der Waals surface area contributed by atoms with Crippen molar-refractivity contribution in [1.29, 1.82) is 0 Å². The maximum atomic E-state index is 6.20. The molecule has 1 aromatic rings. The van der Waals surface area contributed by atoms with E-state index in [0.29, 0.717) is 0 Å². The van der Waals surface area contributed by atoms with Crippen LogP contribution in [0.5, 0.6) is 0 Å². The van der Waals surface area contributed by atoms with Gasteiger partial charge >= 0.3 is 0 Å². The van der Waals surface area contributed by atoms with E-state index in [2.05, 4.69) is 48.3 Å². The van der Waals surface area contributed by atoms with Gasteiger partial charge in [-0.05, 0) is 63.1 Å². The summed E-state index contributed by atoms with van der Waals surface area (Å²) in [5, 5.41) is 4.23. The molecule has 1 heterocycles. The van der Waals surface area contributed by atoms with Gasteiger partial charge in [-0.15, -0.1) is 0 Å². The Morgan fingerprint density at radius 1 is 1.33 bits per heavy atom. The lowest BCUT2D eigenvalue weighted by Gasteiger charge is -2.33. The summed E-state index contributed by atoms with van der Waals surface area (Å²) >= 11 is 6.20. The Balaban J connectivity index is 2.03. The number of hydrogen-bond acceptors (Lipinski definition) is 3. The summed E-state index contributed by atoms with van der Waals surface area (Å²) in [7, 11) is 4.41. The number of anilines is 1. The van der Waals surface area contributed by atoms with Gasteiger partial charge in [0, 0.05) is 30.8 Å². The lowest BCUT2D eigenvalue weighted by Crippen LogP contribution is -2.36. The molecule has 1 N–H and O–H groups in total. The molecule has 0 atom stereocenters. The molecule has 0 aromatic heterocycles. The van der Waals surface area contributed by atoms with Crippen LogP contribution in [0, 0.1) is 5.92 Å². The quantitative estimate of drug-likeness (QED) is 0.870. The van der Waals surface area contributed by atoms with Gasteiger partial charge in [-0.2, -0.15) is 0 Å². The van der Waals surface area contributed by atoms with Gasteiger partial charge in [0.15, 0.2) is 0 Å². The van der Waals surface area contributed by atoms with E-state index in [1.54, 1.807) is 0 Å². The number of nitrogens with zero attached hydrogens (tertiary/aromatic N) is 2. The van der Waals surface area contributed by atoms with Crippen LogP contribution in [-0.4, -0.2) is 45.2 Å². The third-order valence-corrected chi connectivity index (χ3v) is 4.63. The Hall–Kier alpha value is -0.770. The van der Waals surface area contributed by atoms with Crippen molar-refractivity contribution in [2.75, 3.05) is 45.2 Å². The number of nitrogens with one attached hydrogen (secondary N) is 1. The molecule has 0 spiro atoms. The molecule has 4 heteroatoms. The Bertz CT molecular complexity index is 442. The summed E-state index contributed by atoms with van der Waals surface area (Å²) in [5.74, 6) is 0.789. The van der Waals surface area contributed by atoms with Gasteiger partial charge in [0.25, 0.3) is 0 Å². The average molecular weight is 310 g/mol. The van der Waals surface area contributed by atoms with Crippen LogP contribution in [0.3, 0.4) is 0 Å². The number of likely N-dealkylation sites (tertiary alicyclic amines) is 1. The van der Waals surface area contributed by atoms with Crippen LogP contribution < -0.4 is 10.2 Å². The summed E-state index contributed by atoms with van der Waals surface area (Å²) in [6, 6.07) is 6.23. The average Bonchev–Trinajstić information content (AvgIpc) is 2.48. The molecular weight excluding hydrogens is 282 g/mol. The molecule has 0 radical (unpaired) electrons. The predicted molar refractivity (Wildman–Crippen MR) is 92.3 cm³/mol. The molecule has 0 bridgehead atoms.